The maximum atomic E-state index is 10.6. The number of thioether (sulfide) groups is 1. The zero-order valence-electron chi connectivity index (χ0n) is 8.93. The second-order valence-corrected chi connectivity index (χ2v) is 5.05. The van der Waals surface area contributed by atoms with Gasteiger partial charge in [-0.15, -0.1) is 11.8 Å². The molecule has 1 aliphatic carbocycles. The molecule has 0 aromatic carbocycles. The Balaban J connectivity index is 1.87. The van der Waals surface area contributed by atoms with Crippen molar-refractivity contribution in [1.82, 2.24) is 9.97 Å². The number of aromatic carboxylic acids is 1. The summed E-state index contributed by atoms with van der Waals surface area (Å²) in [5.41, 5.74) is 0.00483. The number of aromatic nitrogens is 2. The molecule has 0 spiro atoms. The summed E-state index contributed by atoms with van der Waals surface area (Å²) in [5.74, 6) is 0.840. The van der Waals surface area contributed by atoms with E-state index in [0.717, 1.165) is 16.7 Å². The van der Waals surface area contributed by atoms with Gasteiger partial charge < -0.3 is 5.11 Å². The van der Waals surface area contributed by atoms with Gasteiger partial charge in [-0.2, -0.15) is 0 Å². The van der Waals surface area contributed by atoms with Crippen LogP contribution in [0.25, 0.3) is 0 Å². The van der Waals surface area contributed by atoms with Crippen LogP contribution in [0.5, 0.6) is 0 Å². The summed E-state index contributed by atoms with van der Waals surface area (Å²) in [5, 5.41) is 9.49. The summed E-state index contributed by atoms with van der Waals surface area (Å²) >= 11 is 1.67. The molecule has 1 N–H and O–H groups in total. The van der Waals surface area contributed by atoms with Gasteiger partial charge in [0.1, 0.15) is 5.03 Å². The van der Waals surface area contributed by atoms with E-state index in [1.807, 2.05) is 0 Å². The lowest BCUT2D eigenvalue weighted by atomic mass is 10.1. The molecule has 1 aromatic rings. The van der Waals surface area contributed by atoms with E-state index in [2.05, 4.69) is 9.97 Å². The average molecular weight is 238 g/mol. The summed E-state index contributed by atoms with van der Waals surface area (Å²) in [6, 6.07) is 0. The molecular formula is C11H14N2O2S. The zero-order valence-corrected chi connectivity index (χ0v) is 9.74. The lowest BCUT2D eigenvalue weighted by Gasteiger charge is -2.06. The maximum absolute atomic E-state index is 10.6. The first-order valence-electron chi connectivity index (χ1n) is 5.44. The molecular weight excluding hydrogens is 224 g/mol. The van der Waals surface area contributed by atoms with Crippen LogP contribution in [0.3, 0.4) is 0 Å². The van der Waals surface area contributed by atoms with E-state index < -0.39 is 5.97 Å². The first kappa shape index (κ1) is 11.4. The molecule has 4 nitrogen and oxygen atoms in total. The summed E-state index contributed by atoms with van der Waals surface area (Å²) in [6.07, 6.45) is 8.17. The van der Waals surface area contributed by atoms with Crippen molar-refractivity contribution in [2.24, 2.45) is 5.92 Å². The average Bonchev–Trinajstić information content (AvgIpc) is 2.80. The standard InChI is InChI=1S/C11H14N2O2S/c14-11(15)9-5-13-10(6-12-9)16-7-8-3-1-2-4-8/h5-6,8H,1-4,7H2,(H,14,15). The Bertz CT molecular complexity index is 361. The quantitative estimate of drug-likeness (QED) is 0.816. The van der Waals surface area contributed by atoms with Crippen LogP contribution in [-0.4, -0.2) is 26.8 Å². The molecule has 0 radical (unpaired) electrons. The monoisotopic (exact) mass is 238 g/mol. The topological polar surface area (TPSA) is 63.1 Å². The fourth-order valence-corrected chi connectivity index (χ4v) is 2.88. The van der Waals surface area contributed by atoms with Crippen molar-refractivity contribution in [2.75, 3.05) is 5.75 Å². The van der Waals surface area contributed by atoms with E-state index in [1.54, 1.807) is 18.0 Å². The van der Waals surface area contributed by atoms with Crippen molar-refractivity contribution in [2.45, 2.75) is 30.7 Å². The van der Waals surface area contributed by atoms with Crippen LogP contribution in [0.4, 0.5) is 0 Å². The van der Waals surface area contributed by atoms with Crippen molar-refractivity contribution < 1.29 is 9.90 Å². The third-order valence-corrected chi connectivity index (χ3v) is 3.93. The van der Waals surface area contributed by atoms with Gasteiger partial charge in [-0.05, 0) is 18.8 Å². The number of rotatable bonds is 4. The molecule has 2 rings (SSSR count). The molecule has 0 bridgehead atoms. The van der Waals surface area contributed by atoms with Gasteiger partial charge in [0, 0.05) is 5.75 Å². The molecule has 1 fully saturated rings. The minimum absolute atomic E-state index is 0.00483. The normalized spacial score (nSPS) is 16.5. The van der Waals surface area contributed by atoms with Gasteiger partial charge in [0.25, 0.3) is 0 Å². The summed E-state index contributed by atoms with van der Waals surface area (Å²) < 4.78 is 0. The number of nitrogens with zero attached hydrogens (tertiary/aromatic N) is 2. The van der Waals surface area contributed by atoms with Crippen molar-refractivity contribution in [3.8, 4) is 0 Å². The number of hydrogen-bond acceptors (Lipinski definition) is 4. The lowest BCUT2D eigenvalue weighted by molar-refractivity contribution is 0.0689. The van der Waals surface area contributed by atoms with Crippen LogP contribution in [0.15, 0.2) is 17.4 Å². The minimum Gasteiger partial charge on any atom is -0.476 e. The number of hydrogen-bond donors (Lipinski definition) is 1. The second-order valence-electron chi connectivity index (χ2n) is 4.01. The van der Waals surface area contributed by atoms with Gasteiger partial charge in [-0.25, -0.2) is 14.8 Å². The van der Waals surface area contributed by atoms with Crippen LogP contribution >= 0.6 is 11.8 Å². The molecule has 1 aliphatic rings. The fourth-order valence-electron chi connectivity index (χ4n) is 1.88. The van der Waals surface area contributed by atoms with Crippen LogP contribution in [0.2, 0.25) is 0 Å². The minimum atomic E-state index is -1.03. The highest BCUT2D eigenvalue weighted by Crippen LogP contribution is 2.29. The molecule has 86 valence electrons. The third-order valence-electron chi connectivity index (χ3n) is 2.79. The van der Waals surface area contributed by atoms with E-state index >= 15 is 0 Å². The highest BCUT2D eigenvalue weighted by Gasteiger charge is 2.15. The predicted molar refractivity (Wildman–Crippen MR) is 61.7 cm³/mol. The smallest absolute Gasteiger partial charge is 0.356 e. The molecule has 5 heteroatoms. The van der Waals surface area contributed by atoms with Crippen molar-refractivity contribution >= 4 is 17.7 Å². The van der Waals surface area contributed by atoms with Crippen LogP contribution < -0.4 is 0 Å². The first-order chi connectivity index (χ1) is 7.75. The Kier molecular flexibility index (Phi) is 3.77. The Morgan fingerprint density at radius 1 is 1.38 bits per heavy atom. The van der Waals surface area contributed by atoms with Crippen molar-refractivity contribution in [1.29, 1.82) is 0 Å². The van der Waals surface area contributed by atoms with Crippen molar-refractivity contribution in [3.05, 3.63) is 18.1 Å². The molecule has 0 amide bonds. The molecule has 1 heterocycles. The van der Waals surface area contributed by atoms with Gasteiger partial charge in [-0.1, -0.05) is 12.8 Å². The molecule has 16 heavy (non-hydrogen) atoms. The van der Waals surface area contributed by atoms with E-state index in [1.165, 1.54) is 31.9 Å². The Morgan fingerprint density at radius 3 is 2.69 bits per heavy atom. The van der Waals surface area contributed by atoms with E-state index in [0.29, 0.717) is 0 Å². The summed E-state index contributed by atoms with van der Waals surface area (Å²) in [4.78, 5) is 18.5. The maximum Gasteiger partial charge on any atom is 0.356 e. The Labute approximate surface area is 98.5 Å². The zero-order chi connectivity index (χ0) is 11.4. The van der Waals surface area contributed by atoms with Crippen LogP contribution in [-0.2, 0) is 0 Å². The van der Waals surface area contributed by atoms with Gasteiger partial charge in [0.05, 0.1) is 12.4 Å². The van der Waals surface area contributed by atoms with Gasteiger partial charge >= 0.3 is 5.97 Å². The fraction of sp³-hybridized carbons (Fsp3) is 0.545. The predicted octanol–water partition coefficient (Wildman–Crippen LogP) is 2.46. The first-order valence-corrected chi connectivity index (χ1v) is 6.42. The molecule has 1 aromatic heterocycles. The van der Waals surface area contributed by atoms with E-state index in [9.17, 15) is 4.79 Å². The summed E-state index contributed by atoms with van der Waals surface area (Å²) in [7, 11) is 0. The highest BCUT2D eigenvalue weighted by atomic mass is 32.2. The van der Waals surface area contributed by atoms with Crippen LogP contribution in [0, 0.1) is 5.92 Å². The van der Waals surface area contributed by atoms with Gasteiger partial charge in [0.2, 0.25) is 0 Å². The van der Waals surface area contributed by atoms with Crippen LogP contribution in [0.1, 0.15) is 36.2 Å². The number of carbonyl (C=O) groups is 1. The van der Waals surface area contributed by atoms with Gasteiger partial charge in [0.15, 0.2) is 5.69 Å². The van der Waals surface area contributed by atoms with Gasteiger partial charge in [-0.3, -0.25) is 0 Å². The largest absolute Gasteiger partial charge is 0.476 e. The lowest BCUT2D eigenvalue weighted by Crippen LogP contribution is -2.02. The Morgan fingerprint density at radius 2 is 2.12 bits per heavy atom. The number of carboxylic acids is 1. The SMILES string of the molecule is O=C(O)c1cnc(SCC2CCCC2)cn1. The molecule has 0 unspecified atom stereocenters. The number of carboxylic acid groups (broad SMARTS) is 1. The highest BCUT2D eigenvalue weighted by molar-refractivity contribution is 7.99. The molecule has 0 aliphatic heterocycles. The van der Waals surface area contributed by atoms with E-state index in [-0.39, 0.29) is 5.69 Å². The van der Waals surface area contributed by atoms with E-state index in [4.69, 9.17) is 5.11 Å². The molecule has 0 saturated heterocycles. The molecule has 1 saturated carbocycles. The summed E-state index contributed by atoms with van der Waals surface area (Å²) in [6.45, 7) is 0. The van der Waals surface area contributed by atoms with Crippen molar-refractivity contribution in [3.63, 3.8) is 0 Å². The second kappa shape index (κ2) is 5.30. The third kappa shape index (κ3) is 2.95. The molecule has 0 atom stereocenters. The Hall–Kier alpha value is -1.10.